The Hall–Kier alpha value is -7.86. The second kappa shape index (κ2) is 11.8. The number of nitrogens with zero attached hydrogens (tertiary/aromatic N) is 4. The molecule has 0 saturated carbocycles. The molecule has 0 saturated heterocycles. The minimum Gasteiger partial charge on any atom is -0.455 e. The Labute approximate surface area is 315 Å². The lowest BCUT2D eigenvalue weighted by Gasteiger charge is -2.18. The average molecular weight is 701 g/mol. The van der Waals surface area contributed by atoms with Gasteiger partial charge in [0.25, 0.3) is 0 Å². The SMILES string of the molecule is N#Cc1cccc(C#N)c1-c1cccc(-c2ccc(-n3c4ccccc4c4ccccc43)cc2-n2c3ccccc3c3c4oc5ccccc5c4ccc32)c1. The van der Waals surface area contributed by atoms with Crippen LogP contribution in [0.1, 0.15) is 11.1 Å². The smallest absolute Gasteiger partial charge is 0.145 e. The zero-order valence-corrected chi connectivity index (χ0v) is 29.4. The van der Waals surface area contributed by atoms with E-state index in [2.05, 4.69) is 149 Å². The quantitative estimate of drug-likeness (QED) is 0.183. The van der Waals surface area contributed by atoms with Gasteiger partial charge in [-0.3, -0.25) is 0 Å². The van der Waals surface area contributed by atoms with Gasteiger partial charge in [-0.2, -0.15) is 10.5 Å². The first-order valence-electron chi connectivity index (χ1n) is 18.2. The van der Waals surface area contributed by atoms with E-state index in [1.807, 2.05) is 24.3 Å². The van der Waals surface area contributed by atoms with Gasteiger partial charge in [-0.15, -0.1) is 0 Å². The van der Waals surface area contributed by atoms with Crippen LogP contribution in [0.2, 0.25) is 0 Å². The highest BCUT2D eigenvalue weighted by molar-refractivity contribution is 6.24. The van der Waals surface area contributed by atoms with Crippen LogP contribution in [-0.4, -0.2) is 9.13 Å². The minimum absolute atomic E-state index is 0.468. The molecule has 5 heteroatoms. The Kier molecular flexibility index (Phi) is 6.61. The lowest BCUT2D eigenvalue weighted by Crippen LogP contribution is -2.01. The Bertz CT molecular complexity index is 3390. The van der Waals surface area contributed by atoms with E-state index in [0.29, 0.717) is 16.7 Å². The summed E-state index contributed by atoms with van der Waals surface area (Å²) in [5.74, 6) is 0. The Morgan fingerprint density at radius 3 is 1.75 bits per heavy atom. The summed E-state index contributed by atoms with van der Waals surface area (Å²) in [4.78, 5) is 0. The molecule has 5 nitrogen and oxygen atoms in total. The number of aromatic nitrogens is 2. The summed E-state index contributed by atoms with van der Waals surface area (Å²) in [5.41, 5.74) is 12.5. The number of benzene rings is 8. The van der Waals surface area contributed by atoms with Crippen molar-refractivity contribution in [1.29, 1.82) is 10.5 Å². The first-order chi connectivity index (χ1) is 27.2. The van der Waals surface area contributed by atoms with Crippen molar-refractivity contribution < 1.29 is 4.42 Å². The van der Waals surface area contributed by atoms with Crippen LogP contribution < -0.4 is 0 Å². The lowest BCUT2D eigenvalue weighted by molar-refractivity contribution is 0.673. The summed E-state index contributed by atoms with van der Waals surface area (Å²) < 4.78 is 11.4. The molecule has 254 valence electrons. The second-order valence-electron chi connectivity index (χ2n) is 13.9. The van der Waals surface area contributed by atoms with Crippen molar-refractivity contribution in [3.8, 4) is 45.8 Å². The van der Waals surface area contributed by atoms with Crippen molar-refractivity contribution in [3.05, 3.63) is 181 Å². The van der Waals surface area contributed by atoms with Crippen LogP contribution in [0.4, 0.5) is 0 Å². The molecule has 0 radical (unpaired) electrons. The van der Waals surface area contributed by atoms with Crippen LogP contribution in [-0.2, 0) is 0 Å². The number of hydrogen-bond donors (Lipinski definition) is 0. The molecule has 3 heterocycles. The van der Waals surface area contributed by atoms with Gasteiger partial charge in [-0.25, -0.2) is 0 Å². The number of nitriles is 2. The molecule has 11 aromatic rings. The van der Waals surface area contributed by atoms with Gasteiger partial charge < -0.3 is 13.6 Å². The highest BCUT2D eigenvalue weighted by Crippen LogP contribution is 2.44. The summed E-state index contributed by atoms with van der Waals surface area (Å²) in [5, 5.41) is 26.9. The topological polar surface area (TPSA) is 70.6 Å². The molecule has 0 fully saturated rings. The van der Waals surface area contributed by atoms with E-state index in [4.69, 9.17) is 4.42 Å². The van der Waals surface area contributed by atoms with Gasteiger partial charge in [0.2, 0.25) is 0 Å². The van der Waals surface area contributed by atoms with Crippen LogP contribution >= 0.6 is 0 Å². The maximum Gasteiger partial charge on any atom is 0.145 e. The molecule has 0 unspecified atom stereocenters. The van der Waals surface area contributed by atoms with E-state index in [1.165, 1.54) is 10.8 Å². The zero-order valence-electron chi connectivity index (χ0n) is 29.4. The van der Waals surface area contributed by atoms with Crippen molar-refractivity contribution in [2.45, 2.75) is 0 Å². The van der Waals surface area contributed by atoms with Crippen LogP contribution in [0.5, 0.6) is 0 Å². The number of fused-ring (bicyclic) bond motifs is 10. The number of hydrogen-bond acceptors (Lipinski definition) is 3. The molecule has 0 bridgehead atoms. The molecule has 0 atom stereocenters. The van der Waals surface area contributed by atoms with Gasteiger partial charge in [-0.05, 0) is 77.9 Å². The van der Waals surface area contributed by atoms with Crippen molar-refractivity contribution in [1.82, 2.24) is 9.13 Å². The van der Waals surface area contributed by atoms with E-state index in [-0.39, 0.29) is 0 Å². The standard InChI is InChI=1S/C50H28N4O/c51-29-33-13-10-14-34(30-52)48(33)32-12-9-11-31(27-32)36-24-23-35(53-42-19-5-1-15-37(42)38-16-2-6-20-43(38)53)28-46(36)54-44-21-7-3-18-41(44)49-45(54)26-25-40-39-17-4-8-22-47(39)55-50(40)49/h1-28H. The Morgan fingerprint density at radius 2 is 1.04 bits per heavy atom. The summed E-state index contributed by atoms with van der Waals surface area (Å²) in [6.07, 6.45) is 0. The number of para-hydroxylation sites is 4. The van der Waals surface area contributed by atoms with E-state index < -0.39 is 0 Å². The van der Waals surface area contributed by atoms with E-state index in [0.717, 1.165) is 82.8 Å². The molecule has 3 aromatic heterocycles. The van der Waals surface area contributed by atoms with E-state index in [9.17, 15) is 10.5 Å². The van der Waals surface area contributed by atoms with Gasteiger partial charge in [0.15, 0.2) is 0 Å². The van der Waals surface area contributed by atoms with Crippen molar-refractivity contribution in [2.75, 3.05) is 0 Å². The summed E-state index contributed by atoms with van der Waals surface area (Å²) in [7, 11) is 0. The summed E-state index contributed by atoms with van der Waals surface area (Å²) >= 11 is 0. The van der Waals surface area contributed by atoms with Crippen molar-refractivity contribution in [2.24, 2.45) is 0 Å². The normalized spacial score (nSPS) is 11.6. The fraction of sp³-hybridized carbons (Fsp3) is 0. The van der Waals surface area contributed by atoms with Crippen molar-refractivity contribution >= 4 is 65.6 Å². The fourth-order valence-corrected chi connectivity index (χ4v) is 8.68. The molecule has 0 aliphatic heterocycles. The lowest BCUT2D eigenvalue weighted by atomic mass is 9.92. The molecule has 11 rings (SSSR count). The van der Waals surface area contributed by atoms with Gasteiger partial charge in [0.1, 0.15) is 11.2 Å². The molecule has 0 spiro atoms. The largest absolute Gasteiger partial charge is 0.455 e. The molecular formula is C50H28N4O. The van der Waals surface area contributed by atoms with Gasteiger partial charge >= 0.3 is 0 Å². The molecule has 0 N–H and O–H groups in total. The second-order valence-corrected chi connectivity index (χ2v) is 13.9. The molecule has 8 aromatic carbocycles. The van der Waals surface area contributed by atoms with Gasteiger partial charge in [0, 0.05) is 43.7 Å². The van der Waals surface area contributed by atoms with Gasteiger partial charge in [0.05, 0.1) is 56.4 Å². The van der Waals surface area contributed by atoms with Crippen LogP contribution in [0, 0.1) is 22.7 Å². The number of furan rings is 1. The highest BCUT2D eigenvalue weighted by Gasteiger charge is 2.22. The first kappa shape index (κ1) is 30.7. The monoisotopic (exact) mass is 700 g/mol. The third kappa shape index (κ3) is 4.45. The maximum atomic E-state index is 10.1. The van der Waals surface area contributed by atoms with Crippen LogP contribution in [0.3, 0.4) is 0 Å². The predicted octanol–water partition coefficient (Wildman–Crippen LogP) is 12.9. The van der Waals surface area contributed by atoms with Crippen LogP contribution in [0.25, 0.3) is 99.2 Å². The highest BCUT2D eigenvalue weighted by atomic mass is 16.3. The van der Waals surface area contributed by atoms with Crippen molar-refractivity contribution in [3.63, 3.8) is 0 Å². The van der Waals surface area contributed by atoms with E-state index in [1.54, 1.807) is 18.2 Å². The number of rotatable bonds is 4. The molecule has 0 amide bonds. The summed E-state index contributed by atoms with van der Waals surface area (Å²) in [6, 6.07) is 63.1. The molecule has 0 aliphatic carbocycles. The Balaban J connectivity index is 1.25. The summed E-state index contributed by atoms with van der Waals surface area (Å²) in [6.45, 7) is 0. The maximum absolute atomic E-state index is 10.1. The van der Waals surface area contributed by atoms with Crippen LogP contribution in [0.15, 0.2) is 174 Å². The minimum atomic E-state index is 0.468. The average Bonchev–Trinajstić information content (AvgIpc) is 3.91. The molecular weight excluding hydrogens is 673 g/mol. The van der Waals surface area contributed by atoms with E-state index >= 15 is 0 Å². The molecule has 0 aliphatic rings. The third-order valence-electron chi connectivity index (χ3n) is 11.0. The Morgan fingerprint density at radius 1 is 0.436 bits per heavy atom. The fourth-order valence-electron chi connectivity index (χ4n) is 8.68. The predicted molar refractivity (Wildman–Crippen MR) is 223 cm³/mol. The first-order valence-corrected chi connectivity index (χ1v) is 18.2. The molecule has 55 heavy (non-hydrogen) atoms. The van der Waals surface area contributed by atoms with Gasteiger partial charge in [-0.1, -0.05) is 103 Å². The zero-order chi connectivity index (χ0) is 36.6. The third-order valence-corrected chi connectivity index (χ3v) is 11.0.